The van der Waals surface area contributed by atoms with Crippen LogP contribution >= 0.6 is 12.2 Å². The van der Waals surface area contributed by atoms with Crippen LogP contribution < -0.4 is 5.73 Å². The molecule has 1 aliphatic heterocycles. The molecule has 17 heavy (non-hydrogen) atoms. The average Bonchev–Trinajstić information content (AvgIpc) is 2.29. The van der Waals surface area contributed by atoms with Gasteiger partial charge >= 0.3 is 0 Å². The molecule has 1 unspecified atom stereocenters. The summed E-state index contributed by atoms with van der Waals surface area (Å²) >= 11 is 5.08. The van der Waals surface area contributed by atoms with Crippen molar-refractivity contribution in [2.24, 2.45) is 5.73 Å². The highest BCUT2D eigenvalue weighted by Crippen LogP contribution is 2.19. The minimum Gasteiger partial charge on any atom is -0.392 e. The maximum absolute atomic E-state index is 13.0. The molecule has 0 radical (unpaired) electrons. The summed E-state index contributed by atoms with van der Waals surface area (Å²) in [5.74, 6) is -0.300. The van der Waals surface area contributed by atoms with Crippen molar-refractivity contribution in [3.05, 3.63) is 29.8 Å². The Bertz CT molecular complexity index is 410. The fourth-order valence-electron chi connectivity index (χ4n) is 2.28. The predicted molar refractivity (Wildman–Crippen MR) is 69.0 cm³/mol. The lowest BCUT2D eigenvalue weighted by Crippen LogP contribution is -2.46. The molecule has 0 amide bonds. The van der Waals surface area contributed by atoms with Gasteiger partial charge in [-0.2, -0.15) is 0 Å². The quantitative estimate of drug-likeness (QED) is 0.835. The molecule has 0 saturated carbocycles. The smallest absolute Gasteiger partial charge is 0.141 e. The third-order valence-corrected chi connectivity index (χ3v) is 3.36. The van der Waals surface area contributed by atoms with Crippen LogP contribution in [0.2, 0.25) is 0 Å². The van der Waals surface area contributed by atoms with E-state index in [4.69, 9.17) is 18.0 Å². The molecule has 1 atom stereocenters. The minimum absolute atomic E-state index is 0.141. The summed E-state index contributed by atoms with van der Waals surface area (Å²) in [6.07, 6.45) is 6.19. The molecule has 0 spiro atoms. The van der Waals surface area contributed by atoms with Gasteiger partial charge in [-0.05, 0) is 31.0 Å². The molecule has 1 fully saturated rings. The summed E-state index contributed by atoms with van der Waals surface area (Å²) in [6.45, 7) is 1.62. The molecular weight excluding hydrogens is 237 g/mol. The maximum Gasteiger partial charge on any atom is 0.141 e. The van der Waals surface area contributed by atoms with E-state index in [0.717, 1.165) is 31.4 Å². The molecule has 5 heteroatoms. The van der Waals surface area contributed by atoms with E-state index in [1.54, 1.807) is 6.20 Å². The predicted octanol–water partition coefficient (Wildman–Crippen LogP) is 1.86. The Morgan fingerprint density at radius 3 is 3.06 bits per heavy atom. The number of hydrogen-bond acceptors (Lipinski definition) is 3. The summed E-state index contributed by atoms with van der Waals surface area (Å²) in [4.78, 5) is 6.60. The fourth-order valence-corrected chi connectivity index (χ4v) is 2.55. The van der Waals surface area contributed by atoms with Crippen LogP contribution in [0.5, 0.6) is 0 Å². The van der Waals surface area contributed by atoms with Crippen LogP contribution in [0, 0.1) is 5.82 Å². The Morgan fingerprint density at radius 2 is 2.35 bits per heavy atom. The molecule has 1 aromatic heterocycles. The average molecular weight is 253 g/mol. The van der Waals surface area contributed by atoms with Gasteiger partial charge in [-0.25, -0.2) is 4.39 Å². The van der Waals surface area contributed by atoms with Gasteiger partial charge < -0.3 is 5.73 Å². The lowest BCUT2D eigenvalue weighted by atomic mass is 10.0. The van der Waals surface area contributed by atoms with Crippen molar-refractivity contribution in [1.29, 1.82) is 0 Å². The number of pyridine rings is 1. The van der Waals surface area contributed by atoms with Crippen molar-refractivity contribution in [3.63, 3.8) is 0 Å². The van der Waals surface area contributed by atoms with E-state index in [-0.39, 0.29) is 11.9 Å². The van der Waals surface area contributed by atoms with Crippen molar-refractivity contribution >= 4 is 17.2 Å². The largest absolute Gasteiger partial charge is 0.392 e. The van der Waals surface area contributed by atoms with Crippen LogP contribution in [0.25, 0.3) is 0 Å². The lowest BCUT2D eigenvalue weighted by Gasteiger charge is -2.34. The zero-order valence-corrected chi connectivity index (χ0v) is 10.4. The first-order valence-corrected chi connectivity index (χ1v) is 6.20. The maximum atomic E-state index is 13.0. The van der Waals surface area contributed by atoms with E-state index in [2.05, 4.69) is 9.88 Å². The van der Waals surface area contributed by atoms with Gasteiger partial charge in [0.2, 0.25) is 0 Å². The monoisotopic (exact) mass is 253 g/mol. The van der Waals surface area contributed by atoms with E-state index in [1.165, 1.54) is 12.3 Å². The Hall–Kier alpha value is -1.07. The van der Waals surface area contributed by atoms with Gasteiger partial charge in [0.05, 0.1) is 17.2 Å². The second-order valence-corrected chi connectivity index (χ2v) is 4.87. The molecule has 2 rings (SSSR count). The Kier molecular flexibility index (Phi) is 4.02. The van der Waals surface area contributed by atoms with Crippen LogP contribution in [-0.2, 0) is 6.54 Å². The number of likely N-dealkylation sites (tertiary alicyclic amines) is 1. The van der Waals surface area contributed by atoms with Gasteiger partial charge in [-0.15, -0.1) is 0 Å². The highest BCUT2D eigenvalue weighted by atomic mass is 32.1. The topological polar surface area (TPSA) is 42.1 Å². The van der Waals surface area contributed by atoms with Crippen LogP contribution in [-0.4, -0.2) is 27.5 Å². The van der Waals surface area contributed by atoms with Crippen LogP contribution in [0.4, 0.5) is 4.39 Å². The number of halogens is 1. The van der Waals surface area contributed by atoms with Crippen LogP contribution in [0.15, 0.2) is 18.5 Å². The van der Waals surface area contributed by atoms with Gasteiger partial charge in [0.25, 0.3) is 0 Å². The third-order valence-electron chi connectivity index (χ3n) is 3.09. The van der Waals surface area contributed by atoms with Crippen molar-refractivity contribution in [3.8, 4) is 0 Å². The van der Waals surface area contributed by atoms with Gasteiger partial charge in [0, 0.05) is 12.7 Å². The SMILES string of the molecule is NC(=S)C1CCCCN1Cc1cncc(F)c1. The van der Waals surface area contributed by atoms with E-state index in [1.807, 2.05) is 0 Å². The molecule has 92 valence electrons. The summed E-state index contributed by atoms with van der Waals surface area (Å²) in [6, 6.07) is 1.65. The fraction of sp³-hybridized carbons (Fsp3) is 0.500. The molecule has 1 aliphatic rings. The Balaban J connectivity index is 2.08. The van der Waals surface area contributed by atoms with Crippen LogP contribution in [0.3, 0.4) is 0 Å². The van der Waals surface area contributed by atoms with E-state index in [0.29, 0.717) is 11.5 Å². The molecule has 0 aromatic carbocycles. The Labute approximate surface area is 106 Å². The first kappa shape index (κ1) is 12.4. The van der Waals surface area contributed by atoms with E-state index >= 15 is 0 Å². The number of rotatable bonds is 3. The van der Waals surface area contributed by atoms with Gasteiger partial charge in [-0.1, -0.05) is 18.6 Å². The highest BCUT2D eigenvalue weighted by Gasteiger charge is 2.24. The van der Waals surface area contributed by atoms with Gasteiger partial charge in [0.15, 0.2) is 0 Å². The summed E-state index contributed by atoms with van der Waals surface area (Å²) in [7, 11) is 0. The number of piperidine rings is 1. The minimum atomic E-state index is -0.300. The first-order chi connectivity index (χ1) is 8.16. The molecule has 2 heterocycles. The third kappa shape index (κ3) is 3.20. The zero-order valence-electron chi connectivity index (χ0n) is 9.60. The van der Waals surface area contributed by atoms with Gasteiger partial charge in [-0.3, -0.25) is 9.88 Å². The summed E-state index contributed by atoms with van der Waals surface area (Å²) in [5.41, 5.74) is 6.61. The molecular formula is C12H16FN3S. The van der Waals surface area contributed by atoms with Crippen molar-refractivity contribution in [2.75, 3.05) is 6.54 Å². The molecule has 1 aromatic rings. The zero-order chi connectivity index (χ0) is 12.3. The number of hydrogen-bond donors (Lipinski definition) is 1. The molecule has 1 saturated heterocycles. The molecule has 0 bridgehead atoms. The van der Waals surface area contributed by atoms with E-state index < -0.39 is 0 Å². The van der Waals surface area contributed by atoms with Crippen molar-refractivity contribution < 1.29 is 4.39 Å². The highest BCUT2D eigenvalue weighted by molar-refractivity contribution is 7.80. The molecule has 0 aliphatic carbocycles. The van der Waals surface area contributed by atoms with Gasteiger partial charge in [0.1, 0.15) is 5.82 Å². The number of aromatic nitrogens is 1. The summed E-state index contributed by atoms with van der Waals surface area (Å²) < 4.78 is 13.0. The number of thiocarbonyl (C=S) groups is 1. The standard InChI is InChI=1S/C12H16FN3S/c13-10-5-9(6-15-7-10)8-16-4-2-1-3-11(16)12(14)17/h5-7,11H,1-4,8H2,(H2,14,17). The Morgan fingerprint density at radius 1 is 1.53 bits per heavy atom. The van der Waals surface area contributed by atoms with E-state index in [9.17, 15) is 4.39 Å². The molecule has 2 N–H and O–H groups in total. The van der Waals surface area contributed by atoms with Crippen molar-refractivity contribution in [1.82, 2.24) is 9.88 Å². The normalized spacial score (nSPS) is 21.4. The lowest BCUT2D eigenvalue weighted by molar-refractivity contribution is 0.184. The second kappa shape index (κ2) is 5.51. The second-order valence-electron chi connectivity index (χ2n) is 4.40. The molecule has 3 nitrogen and oxygen atoms in total. The first-order valence-electron chi connectivity index (χ1n) is 5.79. The summed E-state index contributed by atoms with van der Waals surface area (Å²) in [5, 5.41) is 0. The number of nitrogens with two attached hydrogens (primary N) is 1. The van der Waals surface area contributed by atoms with Crippen molar-refractivity contribution in [2.45, 2.75) is 31.8 Å². The number of nitrogens with zero attached hydrogens (tertiary/aromatic N) is 2. The van der Waals surface area contributed by atoms with Crippen LogP contribution in [0.1, 0.15) is 24.8 Å².